The monoisotopic (exact) mass is 607 g/mol. The van der Waals surface area contributed by atoms with Crippen LogP contribution in [0.5, 0.6) is 0 Å². The summed E-state index contributed by atoms with van der Waals surface area (Å²) in [4.78, 5) is 47.2. The molecule has 2 atom stereocenters. The minimum absolute atomic E-state index is 0.0541. The Labute approximate surface area is 249 Å². The maximum absolute atomic E-state index is 13.8. The van der Waals surface area contributed by atoms with Crippen LogP contribution in [0.1, 0.15) is 47.9 Å². The number of carbonyl (C=O) groups excluding carboxylic acids is 3. The first kappa shape index (κ1) is 31.6. The van der Waals surface area contributed by atoms with Crippen LogP contribution >= 0.6 is 11.6 Å². The topological polar surface area (TPSA) is 76.2 Å². The molecule has 4 amide bonds. The molecule has 228 valence electrons. The highest BCUT2D eigenvalue weighted by molar-refractivity contribution is 6.31. The van der Waals surface area contributed by atoms with Crippen LogP contribution in [0.3, 0.4) is 0 Å². The number of piperazine rings is 1. The van der Waals surface area contributed by atoms with Crippen molar-refractivity contribution in [3.05, 3.63) is 69.7 Å². The predicted molar refractivity (Wildman–Crippen MR) is 153 cm³/mol. The van der Waals surface area contributed by atoms with Gasteiger partial charge in [-0.1, -0.05) is 41.4 Å². The van der Waals surface area contributed by atoms with Crippen molar-refractivity contribution in [2.45, 2.75) is 64.1 Å². The summed E-state index contributed by atoms with van der Waals surface area (Å²) in [5.74, 6) is -0.382. The van der Waals surface area contributed by atoms with Crippen molar-refractivity contribution < 1.29 is 27.6 Å². The highest BCUT2D eigenvalue weighted by atomic mass is 35.5. The van der Waals surface area contributed by atoms with E-state index in [1.165, 1.54) is 4.90 Å². The maximum Gasteiger partial charge on any atom is 0.416 e. The smallest absolute Gasteiger partial charge is 0.334 e. The van der Waals surface area contributed by atoms with E-state index in [0.717, 1.165) is 30.7 Å². The van der Waals surface area contributed by atoms with Gasteiger partial charge in [0.1, 0.15) is 12.2 Å². The summed E-state index contributed by atoms with van der Waals surface area (Å²) in [7, 11) is 3.94. The molecule has 2 saturated heterocycles. The number of halogens is 4. The Kier molecular flexibility index (Phi) is 10.0. The van der Waals surface area contributed by atoms with E-state index in [2.05, 4.69) is 10.2 Å². The van der Waals surface area contributed by atoms with Crippen molar-refractivity contribution in [3.8, 4) is 0 Å². The first-order chi connectivity index (χ1) is 19.8. The van der Waals surface area contributed by atoms with Crippen LogP contribution in [0, 0.1) is 6.92 Å². The van der Waals surface area contributed by atoms with Crippen molar-refractivity contribution in [2.75, 3.05) is 33.7 Å². The Morgan fingerprint density at radius 3 is 2.55 bits per heavy atom. The number of hydrogen-bond acceptors (Lipinski definition) is 4. The molecule has 1 N–H and O–H groups in total. The van der Waals surface area contributed by atoms with E-state index < -0.39 is 30.0 Å². The third-order valence-electron chi connectivity index (χ3n) is 7.67. The molecule has 0 aliphatic carbocycles. The number of unbranched alkanes of at least 4 members (excludes halogenated alkanes) is 1. The molecule has 2 aromatic rings. The summed E-state index contributed by atoms with van der Waals surface area (Å²) in [6.07, 6.45) is -3.15. The molecular formula is C30H37ClF3N5O3. The number of nitrogens with one attached hydrogen (secondary N) is 1. The molecule has 0 unspecified atom stereocenters. The molecule has 0 radical (unpaired) electrons. The van der Waals surface area contributed by atoms with Gasteiger partial charge >= 0.3 is 12.2 Å². The van der Waals surface area contributed by atoms with Crippen LogP contribution in [0.2, 0.25) is 5.02 Å². The summed E-state index contributed by atoms with van der Waals surface area (Å²) in [5, 5.41) is 3.25. The van der Waals surface area contributed by atoms with Gasteiger partial charge in [0.25, 0.3) is 0 Å². The molecule has 0 saturated carbocycles. The zero-order valence-corrected chi connectivity index (χ0v) is 24.8. The van der Waals surface area contributed by atoms with Gasteiger partial charge in [-0.3, -0.25) is 9.59 Å². The highest BCUT2D eigenvalue weighted by Crippen LogP contribution is 2.32. The third kappa shape index (κ3) is 7.55. The summed E-state index contributed by atoms with van der Waals surface area (Å²) in [6, 6.07) is 9.65. The zero-order chi connectivity index (χ0) is 30.6. The molecule has 2 aliphatic rings. The van der Waals surface area contributed by atoms with Crippen molar-refractivity contribution >= 4 is 29.4 Å². The van der Waals surface area contributed by atoms with Gasteiger partial charge < -0.3 is 24.9 Å². The fraction of sp³-hybridized carbons (Fsp3) is 0.500. The number of aryl methyl sites for hydroxylation is 1. The summed E-state index contributed by atoms with van der Waals surface area (Å²) < 4.78 is 40.0. The third-order valence-corrected chi connectivity index (χ3v) is 8.04. The molecule has 8 nitrogen and oxygen atoms in total. The number of urea groups is 1. The van der Waals surface area contributed by atoms with E-state index in [9.17, 15) is 27.6 Å². The molecule has 4 rings (SSSR count). The van der Waals surface area contributed by atoms with Crippen molar-refractivity contribution in [1.82, 2.24) is 24.9 Å². The fourth-order valence-corrected chi connectivity index (χ4v) is 5.84. The second-order valence-corrected chi connectivity index (χ2v) is 11.6. The molecule has 2 fully saturated rings. The number of hydrogen-bond donors (Lipinski definition) is 1. The molecule has 0 bridgehead atoms. The number of carbonyl (C=O) groups is 3. The molecule has 12 heteroatoms. The number of rotatable bonds is 9. The number of alkyl halides is 3. The molecule has 0 aromatic heterocycles. The largest absolute Gasteiger partial charge is 0.416 e. The van der Waals surface area contributed by atoms with E-state index in [4.69, 9.17) is 11.6 Å². The number of amides is 4. The molecule has 0 spiro atoms. The van der Waals surface area contributed by atoms with Crippen molar-refractivity contribution in [1.29, 1.82) is 0 Å². The molecule has 42 heavy (non-hydrogen) atoms. The number of benzene rings is 2. The standard InChI is InChI=1S/C30H37ClF3N5O3/c1-20-14-21(16-23(15-20)30(32,33)34)17-35-29(42)38-13-11-27(40)39-25(10-6-7-12-36(2)3)28(41)37(19-26(38)39)18-22-8-4-5-9-24(22)31/h4-5,8-9,14-16,25-26H,6-7,10-13,17-19H2,1-3H3,(H,35,42)/t25-,26+/m0/s1. The lowest BCUT2D eigenvalue weighted by Crippen LogP contribution is -2.71. The lowest BCUT2D eigenvalue weighted by molar-refractivity contribution is -0.167. The van der Waals surface area contributed by atoms with Crippen molar-refractivity contribution in [3.63, 3.8) is 0 Å². The van der Waals surface area contributed by atoms with E-state index in [-0.39, 0.29) is 44.4 Å². The van der Waals surface area contributed by atoms with Crippen molar-refractivity contribution in [2.24, 2.45) is 0 Å². The van der Waals surface area contributed by atoms with Gasteiger partial charge in [0.2, 0.25) is 11.8 Å². The van der Waals surface area contributed by atoms with Crippen LogP contribution in [0.4, 0.5) is 18.0 Å². The Hall–Kier alpha value is -3.31. The fourth-order valence-electron chi connectivity index (χ4n) is 5.64. The van der Waals surface area contributed by atoms with Gasteiger partial charge in [-0.05, 0) is 76.2 Å². The van der Waals surface area contributed by atoms with Gasteiger partial charge in [-0.15, -0.1) is 0 Å². The van der Waals surface area contributed by atoms with E-state index >= 15 is 0 Å². The number of nitrogens with zero attached hydrogens (tertiary/aromatic N) is 4. The average Bonchev–Trinajstić information content (AvgIpc) is 2.92. The normalized spacial score (nSPS) is 19.4. The molecular weight excluding hydrogens is 571 g/mol. The highest BCUT2D eigenvalue weighted by Gasteiger charge is 2.48. The summed E-state index contributed by atoms with van der Waals surface area (Å²) in [5.41, 5.74) is 0.727. The SMILES string of the molecule is Cc1cc(CNC(=O)N2CCC(=O)N3[C@@H]2CN(Cc2ccccc2Cl)C(=O)[C@@H]3CCCCN(C)C)cc(C(F)(F)F)c1. The minimum atomic E-state index is -4.50. The molecule has 2 aromatic carbocycles. The van der Waals surface area contributed by atoms with Crippen LogP contribution < -0.4 is 5.32 Å². The predicted octanol–water partition coefficient (Wildman–Crippen LogP) is 4.88. The Morgan fingerprint density at radius 2 is 1.86 bits per heavy atom. The second kappa shape index (κ2) is 13.3. The molecule has 2 heterocycles. The first-order valence-electron chi connectivity index (χ1n) is 14.1. The summed E-state index contributed by atoms with van der Waals surface area (Å²) in [6.45, 7) is 2.75. The minimum Gasteiger partial charge on any atom is -0.334 e. The second-order valence-electron chi connectivity index (χ2n) is 11.2. The van der Waals surface area contributed by atoms with Gasteiger partial charge in [0.05, 0.1) is 12.1 Å². The Bertz CT molecular complexity index is 1310. The Morgan fingerprint density at radius 1 is 1.12 bits per heavy atom. The van der Waals surface area contributed by atoms with Gasteiger partial charge in [0, 0.05) is 31.1 Å². The Balaban J connectivity index is 1.56. The first-order valence-corrected chi connectivity index (χ1v) is 14.4. The van der Waals surface area contributed by atoms with Crippen LogP contribution in [0.15, 0.2) is 42.5 Å². The lowest BCUT2D eigenvalue weighted by atomic mass is 9.98. The number of fused-ring (bicyclic) bond motifs is 1. The lowest BCUT2D eigenvalue weighted by Gasteiger charge is -2.52. The summed E-state index contributed by atoms with van der Waals surface area (Å²) >= 11 is 6.40. The average molecular weight is 608 g/mol. The van der Waals surface area contributed by atoms with Crippen LogP contribution in [0.25, 0.3) is 0 Å². The molecule has 2 aliphatic heterocycles. The quantitative estimate of drug-likeness (QED) is 0.413. The van der Waals surface area contributed by atoms with Gasteiger partial charge in [0.15, 0.2) is 0 Å². The van der Waals surface area contributed by atoms with E-state index in [0.29, 0.717) is 29.0 Å². The van der Waals surface area contributed by atoms with Gasteiger partial charge in [-0.25, -0.2) is 4.79 Å². The maximum atomic E-state index is 13.8. The van der Waals surface area contributed by atoms with Crippen LogP contribution in [-0.2, 0) is 28.9 Å². The van der Waals surface area contributed by atoms with E-state index in [1.807, 2.05) is 26.2 Å². The van der Waals surface area contributed by atoms with Gasteiger partial charge in [-0.2, -0.15) is 13.2 Å². The van der Waals surface area contributed by atoms with E-state index in [1.54, 1.807) is 34.9 Å². The van der Waals surface area contributed by atoms with Crippen LogP contribution in [-0.4, -0.2) is 83.4 Å². The zero-order valence-electron chi connectivity index (χ0n) is 24.1.